The van der Waals surface area contributed by atoms with Crippen molar-refractivity contribution in [3.63, 3.8) is 0 Å². The predicted molar refractivity (Wildman–Crippen MR) is 112 cm³/mol. The molecule has 33 heavy (non-hydrogen) atoms. The highest BCUT2D eigenvalue weighted by Crippen LogP contribution is 2.40. The number of carbonyl (C=O) groups excluding carboxylic acids is 1. The number of nitrogens with zero attached hydrogens (tertiary/aromatic N) is 3. The number of hydrogen-bond donors (Lipinski definition) is 2. The van der Waals surface area contributed by atoms with Gasteiger partial charge >= 0.3 is 6.09 Å². The van der Waals surface area contributed by atoms with Gasteiger partial charge in [0.1, 0.15) is 11.5 Å². The van der Waals surface area contributed by atoms with Crippen molar-refractivity contribution in [3.05, 3.63) is 47.3 Å². The summed E-state index contributed by atoms with van der Waals surface area (Å²) in [6, 6.07) is 4.63. The molecule has 0 aliphatic carbocycles. The average Bonchev–Trinajstić information content (AvgIpc) is 3.10. The Hall–Kier alpha value is -3.73. The van der Waals surface area contributed by atoms with Crippen molar-refractivity contribution in [2.24, 2.45) is 0 Å². The second-order valence-electron chi connectivity index (χ2n) is 8.03. The van der Waals surface area contributed by atoms with E-state index in [1.165, 1.54) is 4.90 Å². The van der Waals surface area contributed by atoms with Gasteiger partial charge in [0.25, 0.3) is 5.91 Å². The molecule has 3 aromatic rings. The van der Waals surface area contributed by atoms with Crippen LogP contribution in [0.2, 0.25) is 0 Å². The summed E-state index contributed by atoms with van der Waals surface area (Å²) < 4.78 is 43.3. The van der Waals surface area contributed by atoms with Crippen molar-refractivity contribution < 1.29 is 33.0 Å². The lowest BCUT2D eigenvalue weighted by Crippen LogP contribution is -2.45. The number of imidazole rings is 1. The minimum Gasteiger partial charge on any atom is -0.478 e. The van der Waals surface area contributed by atoms with Crippen LogP contribution >= 0.6 is 0 Å². The van der Waals surface area contributed by atoms with Gasteiger partial charge in [-0.25, -0.2) is 18.6 Å². The smallest absolute Gasteiger partial charge is 0.407 e. The molecule has 2 N–H and O–H groups in total. The molecule has 0 bridgehead atoms. The fourth-order valence-electron chi connectivity index (χ4n) is 4.20. The molecule has 1 aromatic carbocycles. The van der Waals surface area contributed by atoms with Crippen LogP contribution in [-0.4, -0.2) is 63.8 Å². The average molecular weight is 458 g/mol. The normalized spacial score (nSPS) is 18.1. The first-order valence-electron chi connectivity index (χ1n) is 10.3. The van der Waals surface area contributed by atoms with E-state index in [2.05, 4.69) is 10.3 Å². The number of aromatic nitrogens is 2. The molecule has 0 unspecified atom stereocenters. The zero-order valence-electron chi connectivity index (χ0n) is 17.6. The zero-order valence-corrected chi connectivity index (χ0v) is 17.6. The predicted octanol–water partition coefficient (Wildman–Crippen LogP) is 2.84. The Morgan fingerprint density at radius 2 is 2.18 bits per heavy atom. The van der Waals surface area contributed by atoms with Gasteiger partial charge in [0.15, 0.2) is 18.2 Å². The van der Waals surface area contributed by atoms with Gasteiger partial charge in [-0.3, -0.25) is 4.79 Å². The van der Waals surface area contributed by atoms with Crippen LogP contribution in [0.5, 0.6) is 5.75 Å². The largest absolute Gasteiger partial charge is 0.478 e. The second-order valence-corrected chi connectivity index (χ2v) is 8.03. The number of amides is 2. The van der Waals surface area contributed by atoms with Gasteiger partial charge in [-0.1, -0.05) is 0 Å². The summed E-state index contributed by atoms with van der Waals surface area (Å²) in [6.45, 7) is 2.09. The third-order valence-corrected chi connectivity index (χ3v) is 5.74. The second kappa shape index (κ2) is 8.00. The van der Waals surface area contributed by atoms with E-state index in [0.717, 1.165) is 11.6 Å². The summed E-state index contributed by atoms with van der Waals surface area (Å²) in [6.07, 6.45) is 0.355. The molecule has 1 fully saturated rings. The summed E-state index contributed by atoms with van der Waals surface area (Å²) in [5, 5.41) is 11.7. The van der Waals surface area contributed by atoms with Crippen molar-refractivity contribution in [2.75, 3.05) is 31.6 Å². The number of pyridine rings is 1. The van der Waals surface area contributed by atoms with Crippen molar-refractivity contribution in [1.29, 1.82) is 0 Å². The first-order chi connectivity index (χ1) is 15.8. The number of ether oxygens (including phenoxy) is 2. The number of halogens is 2. The lowest BCUT2D eigenvalue weighted by Gasteiger charge is -2.31. The third-order valence-electron chi connectivity index (χ3n) is 5.74. The van der Waals surface area contributed by atoms with Crippen LogP contribution in [0.4, 0.5) is 19.3 Å². The van der Waals surface area contributed by atoms with Crippen LogP contribution in [0.25, 0.3) is 16.9 Å². The molecule has 1 saturated heterocycles. The third kappa shape index (κ3) is 3.74. The maximum absolute atomic E-state index is 15.5. The van der Waals surface area contributed by atoms with Crippen LogP contribution in [0.3, 0.4) is 0 Å². The number of aryl methyl sites for hydroxylation is 1. The topological polar surface area (TPSA) is 105 Å². The molecule has 1 atom stereocenters. The maximum atomic E-state index is 15.5. The minimum absolute atomic E-state index is 0.0648. The quantitative estimate of drug-likeness (QED) is 0.626. The number of carbonyl (C=O) groups is 2. The monoisotopic (exact) mass is 458 g/mol. The molecule has 2 aliphatic rings. The van der Waals surface area contributed by atoms with E-state index >= 15 is 8.78 Å². The molecule has 0 spiro atoms. The number of anilines is 1. The number of benzene rings is 1. The molecule has 5 rings (SSSR count). The molecule has 2 aliphatic heterocycles. The summed E-state index contributed by atoms with van der Waals surface area (Å²) in [5.41, 5.74) is 1.46. The standard InChI is InChI=1S/C22H20F2N4O5/c1-11-2-3-28-15(7-12-9-27(22(30)31)4-5-32-12)20(26-16(28)6-11)18-13(23)8-14-21(19(18)24)33-10-17(29)25-14/h2-3,6,8,12H,4-5,7,9-10H2,1H3,(H,25,29)(H,30,31)/t12-/m0/s1. The zero-order chi connectivity index (χ0) is 23.3. The van der Waals surface area contributed by atoms with Crippen LogP contribution in [0.15, 0.2) is 24.4 Å². The van der Waals surface area contributed by atoms with E-state index in [1.807, 2.05) is 13.0 Å². The summed E-state index contributed by atoms with van der Waals surface area (Å²) in [5.74, 6) is -2.63. The molecule has 9 nitrogen and oxygen atoms in total. The fourth-order valence-corrected chi connectivity index (χ4v) is 4.20. The molecule has 4 heterocycles. The maximum Gasteiger partial charge on any atom is 0.407 e. The highest BCUT2D eigenvalue weighted by atomic mass is 19.1. The van der Waals surface area contributed by atoms with Crippen LogP contribution < -0.4 is 10.1 Å². The van der Waals surface area contributed by atoms with Gasteiger partial charge in [0.2, 0.25) is 0 Å². The van der Waals surface area contributed by atoms with Crippen molar-refractivity contribution in [2.45, 2.75) is 19.4 Å². The molecule has 2 amide bonds. The Morgan fingerprint density at radius 3 is 2.97 bits per heavy atom. The molecule has 0 saturated carbocycles. The van der Waals surface area contributed by atoms with Crippen LogP contribution in [-0.2, 0) is 16.0 Å². The van der Waals surface area contributed by atoms with Crippen LogP contribution in [0, 0.1) is 18.6 Å². The first kappa shape index (κ1) is 21.1. The molecule has 172 valence electrons. The van der Waals surface area contributed by atoms with E-state index in [0.29, 0.717) is 11.3 Å². The highest BCUT2D eigenvalue weighted by Gasteiger charge is 2.31. The number of hydrogen-bond acceptors (Lipinski definition) is 5. The SMILES string of the molecule is Cc1ccn2c(C[C@H]3CN(C(=O)O)CCO3)c(-c3c(F)cc4c(c3F)OCC(=O)N4)nc2c1. The fraction of sp³-hybridized carbons (Fsp3) is 0.318. The van der Waals surface area contributed by atoms with E-state index in [-0.39, 0.29) is 55.4 Å². The van der Waals surface area contributed by atoms with Gasteiger partial charge in [-0.15, -0.1) is 0 Å². The van der Waals surface area contributed by atoms with E-state index in [9.17, 15) is 14.7 Å². The molecule has 0 radical (unpaired) electrons. The van der Waals surface area contributed by atoms with E-state index in [1.54, 1.807) is 16.7 Å². The Balaban J connectivity index is 1.63. The number of fused-ring (bicyclic) bond motifs is 2. The number of rotatable bonds is 3. The summed E-state index contributed by atoms with van der Waals surface area (Å²) in [4.78, 5) is 28.7. The highest BCUT2D eigenvalue weighted by molar-refractivity contribution is 5.96. The van der Waals surface area contributed by atoms with Gasteiger partial charge < -0.3 is 29.2 Å². The van der Waals surface area contributed by atoms with Gasteiger partial charge in [0.05, 0.1) is 41.9 Å². The molecule has 11 heteroatoms. The van der Waals surface area contributed by atoms with E-state index < -0.39 is 29.7 Å². The van der Waals surface area contributed by atoms with Gasteiger partial charge in [0, 0.05) is 25.2 Å². The van der Waals surface area contributed by atoms with E-state index in [4.69, 9.17) is 9.47 Å². The van der Waals surface area contributed by atoms with Crippen molar-refractivity contribution in [1.82, 2.24) is 14.3 Å². The van der Waals surface area contributed by atoms with Gasteiger partial charge in [-0.2, -0.15) is 0 Å². The molecular weight excluding hydrogens is 438 g/mol. The first-order valence-corrected chi connectivity index (χ1v) is 10.3. The van der Waals surface area contributed by atoms with Crippen molar-refractivity contribution >= 4 is 23.3 Å². The Morgan fingerprint density at radius 1 is 1.36 bits per heavy atom. The van der Waals surface area contributed by atoms with Crippen LogP contribution in [0.1, 0.15) is 11.3 Å². The number of carboxylic acid groups (broad SMARTS) is 1. The van der Waals surface area contributed by atoms with Gasteiger partial charge in [-0.05, 0) is 24.6 Å². The lowest BCUT2D eigenvalue weighted by atomic mass is 10.0. The minimum atomic E-state index is -1.05. The number of nitrogens with one attached hydrogen (secondary N) is 1. The number of morpholine rings is 1. The lowest BCUT2D eigenvalue weighted by molar-refractivity contribution is -0.118. The Bertz CT molecular complexity index is 1290. The Labute approximate surface area is 186 Å². The molecule has 2 aromatic heterocycles. The summed E-state index contributed by atoms with van der Waals surface area (Å²) >= 11 is 0. The molecular formula is C22H20F2N4O5. The summed E-state index contributed by atoms with van der Waals surface area (Å²) in [7, 11) is 0. The van der Waals surface area contributed by atoms with Crippen molar-refractivity contribution in [3.8, 4) is 17.0 Å². The Kier molecular flexibility index (Phi) is 5.12.